The van der Waals surface area contributed by atoms with Gasteiger partial charge in [0.05, 0.1) is 12.5 Å². The van der Waals surface area contributed by atoms with Gasteiger partial charge in [0.15, 0.2) is 5.82 Å². The Morgan fingerprint density at radius 2 is 2.00 bits per heavy atom. The van der Waals surface area contributed by atoms with Crippen molar-refractivity contribution in [2.24, 2.45) is 0 Å². The van der Waals surface area contributed by atoms with Gasteiger partial charge in [0.2, 0.25) is 11.8 Å². The zero-order valence-electron chi connectivity index (χ0n) is 13.9. The summed E-state index contributed by atoms with van der Waals surface area (Å²) in [5.41, 5.74) is 1.03. The Kier molecular flexibility index (Phi) is 5.50. The first-order chi connectivity index (χ1) is 12.1. The van der Waals surface area contributed by atoms with Gasteiger partial charge < -0.3 is 14.4 Å². The number of rotatable bonds is 7. The van der Waals surface area contributed by atoms with Crippen LogP contribution in [0.5, 0.6) is 0 Å². The van der Waals surface area contributed by atoms with Crippen LogP contribution < -0.4 is 5.32 Å². The SMILES string of the molecule is Cc1noc(CCNC(=O)CC(c2ccc(Cl)cc2)n2cccc2)n1. The lowest BCUT2D eigenvalue weighted by molar-refractivity contribution is -0.121. The highest BCUT2D eigenvalue weighted by atomic mass is 35.5. The van der Waals surface area contributed by atoms with E-state index in [1.54, 1.807) is 6.92 Å². The summed E-state index contributed by atoms with van der Waals surface area (Å²) in [6, 6.07) is 11.4. The summed E-state index contributed by atoms with van der Waals surface area (Å²) in [6.45, 7) is 2.22. The van der Waals surface area contributed by atoms with E-state index in [1.807, 2.05) is 53.4 Å². The number of benzene rings is 1. The summed E-state index contributed by atoms with van der Waals surface area (Å²) in [5.74, 6) is 1.08. The second-order valence-electron chi connectivity index (χ2n) is 5.74. The van der Waals surface area contributed by atoms with E-state index in [1.165, 1.54) is 0 Å². The van der Waals surface area contributed by atoms with E-state index in [4.69, 9.17) is 16.1 Å². The van der Waals surface area contributed by atoms with Crippen LogP contribution in [0.1, 0.15) is 29.7 Å². The lowest BCUT2D eigenvalue weighted by Gasteiger charge is -2.19. The minimum Gasteiger partial charge on any atom is -0.356 e. The molecule has 6 nitrogen and oxygen atoms in total. The van der Waals surface area contributed by atoms with E-state index in [9.17, 15) is 4.79 Å². The Bertz CT molecular complexity index is 812. The molecule has 0 spiro atoms. The summed E-state index contributed by atoms with van der Waals surface area (Å²) in [4.78, 5) is 16.5. The third kappa shape index (κ3) is 4.70. The Balaban J connectivity index is 1.61. The molecule has 130 valence electrons. The number of nitrogens with one attached hydrogen (secondary N) is 1. The fraction of sp³-hybridized carbons (Fsp3) is 0.278. The molecule has 2 heterocycles. The van der Waals surface area contributed by atoms with E-state index < -0.39 is 0 Å². The van der Waals surface area contributed by atoms with Gasteiger partial charge >= 0.3 is 0 Å². The Morgan fingerprint density at radius 1 is 1.28 bits per heavy atom. The molecule has 0 saturated carbocycles. The van der Waals surface area contributed by atoms with Crippen molar-refractivity contribution in [2.45, 2.75) is 25.8 Å². The zero-order chi connectivity index (χ0) is 17.6. The van der Waals surface area contributed by atoms with E-state index in [-0.39, 0.29) is 11.9 Å². The lowest BCUT2D eigenvalue weighted by Crippen LogP contribution is -2.28. The minimum absolute atomic E-state index is 0.0371. The number of halogens is 1. The predicted molar refractivity (Wildman–Crippen MR) is 94.4 cm³/mol. The van der Waals surface area contributed by atoms with Crippen LogP contribution in [-0.2, 0) is 11.2 Å². The maximum absolute atomic E-state index is 12.4. The van der Waals surface area contributed by atoms with E-state index in [0.29, 0.717) is 36.1 Å². The first-order valence-corrected chi connectivity index (χ1v) is 8.43. The molecule has 1 amide bonds. The first kappa shape index (κ1) is 17.2. The van der Waals surface area contributed by atoms with Crippen LogP contribution in [0.25, 0.3) is 0 Å². The average Bonchev–Trinajstić information content (AvgIpc) is 3.25. The number of hydrogen-bond acceptors (Lipinski definition) is 4. The van der Waals surface area contributed by atoms with Gasteiger partial charge in [-0.1, -0.05) is 28.9 Å². The normalized spacial score (nSPS) is 12.1. The maximum atomic E-state index is 12.4. The van der Waals surface area contributed by atoms with Crippen LogP contribution >= 0.6 is 11.6 Å². The molecule has 3 aromatic rings. The van der Waals surface area contributed by atoms with Crippen LogP contribution in [0.15, 0.2) is 53.3 Å². The summed E-state index contributed by atoms with van der Waals surface area (Å²) < 4.78 is 7.06. The first-order valence-electron chi connectivity index (χ1n) is 8.05. The molecule has 1 aromatic carbocycles. The van der Waals surface area contributed by atoms with Gasteiger partial charge in [0.1, 0.15) is 0 Å². The fourth-order valence-electron chi connectivity index (χ4n) is 2.63. The highest BCUT2D eigenvalue weighted by molar-refractivity contribution is 6.30. The molecule has 0 aliphatic rings. The molecule has 0 aliphatic heterocycles. The van der Waals surface area contributed by atoms with Crippen molar-refractivity contribution >= 4 is 17.5 Å². The van der Waals surface area contributed by atoms with Crippen LogP contribution in [0.2, 0.25) is 5.02 Å². The number of nitrogens with zero attached hydrogens (tertiary/aromatic N) is 3. The van der Waals surface area contributed by atoms with Gasteiger partial charge in [-0.05, 0) is 36.8 Å². The quantitative estimate of drug-likeness (QED) is 0.704. The van der Waals surface area contributed by atoms with E-state index >= 15 is 0 Å². The van der Waals surface area contributed by atoms with Crippen molar-refractivity contribution in [1.29, 1.82) is 0 Å². The molecular formula is C18H19ClN4O2. The van der Waals surface area contributed by atoms with Gasteiger partial charge in [-0.15, -0.1) is 0 Å². The van der Waals surface area contributed by atoms with Gasteiger partial charge in [0.25, 0.3) is 0 Å². The topological polar surface area (TPSA) is 73.0 Å². The number of aromatic nitrogens is 3. The number of aryl methyl sites for hydroxylation is 1. The molecule has 2 aromatic heterocycles. The minimum atomic E-state index is -0.0853. The van der Waals surface area contributed by atoms with Gasteiger partial charge in [-0.2, -0.15) is 4.98 Å². The van der Waals surface area contributed by atoms with E-state index in [2.05, 4.69) is 15.5 Å². The Morgan fingerprint density at radius 3 is 2.64 bits per heavy atom. The largest absolute Gasteiger partial charge is 0.356 e. The lowest BCUT2D eigenvalue weighted by atomic mass is 10.0. The van der Waals surface area contributed by atoms with Gasteiger partial charge in [-0.25, -0.2) is 0 Å². The standard InChI is InChI=1S/C18H19ClN4O2/c1-13-21-18(25-22-13)8-9-20-17(24)12-16(23-10-2-3-11-23)14-4-6-15(19)7-5-14/h2-7,10-11,16H,8-9,12H2,1H3,(H,20,24). The summed E-state index contributed by atoms with van der Waals surface area (Å²) in [7, 11) is 0. The van der Waals surface area contributed by atoms with Crippen molar-refractivity contribution in [1.82, 2.24) is 20.0 Å². The number of carbonyl (C=O) groups excluding carboxylic acids is 1. The van der Waals surface area contributed by atoms with Crippen molar-refractivity contribution < 1.29 is 9.32 Å². The number of carbonyl (C=O) groups is 1. The highest BCUT2D eigenvalue weighted by Crippen LogP contribution is 2.24. The van der Waals surface area contributed by atoms with Gasteiger partial charge in [0, 0.05) is 30.4 Å². The van der Waals surface area contributed by atoms with Crippen molar-refractivity contribution in [3.05, 3.63) is 71.1 Å². The monoisotopic (exact) mass is 358 g/mol. The van der Waals surface area contributed by atoms with E-state index in [0.717, 1.165) is 5.56 Å². The maximum Gasteiger partial charge on any atom is 0.228 e. The third-order valence-corrected chi connectivity index (χ3v) is 4.10. The van der Waals surface area contributed by atoms with Crippen molar-refractivity contribution in [3.63, 3.8) is 0 Å². The zero-order valence-corrected chi connectivity index (χ0v) is 14.6. The summed E-state index contributed by atoms with van der Waals surface area (Å²) >= 11 is 5.97. The Hall–Kier alpha value is -2.60. The second kappa shape index (κ2) is 7.98. The number of amides is 1. The smallest absolute Gasteiger partial charge is 0.228 e. The predicted octanol–water partition coefficient (Wildman–Crippen LogP) is 3.17. The Labute approximate surface area is 150 Å². The molecule has 1 unspecified atom stereocenters. The molecule has 0 radical (unpaired) electrons. The van der Waals surface area contributed by atoms with Crippen LogP contribution in [0.3, 0.4) is 0 Å². The van der Waals surface area contributed by atoms with Gasteiger partial charge in [-0.3, -0.25) is 4.79 Å². The molecule has 25 heavy (non-hydrogen) atoms. The van der Waals surface area contributed by atoms with Crippen LogP contribution in [-0.4, -0.2) is 27.2 Å². The summed E-state index contributed by atoms with van der Waals surface area (Å²) in [6.07, 6.45) is 4.75. The summed E-state index contributed by atoms with van der Waals surface area (Å²) in [5, 5.41) is 7.31. The molecule has 1 N–H and O–H groups in total. The molecular weight excluding hydrogens is 340 g/mol. The average molecular weight is 359 g/mol. The van der Waals surface area contributed by atoms with Crippen molar-refractivity contribution in [2.75, 3.05) is 6.54 Å². The molecule has 0 saturated heterocycles. The van der Waals surface area contributed by atoms with Crippen molar-refractivity contribution in [3.8, 4) is 0 Å². The molecule has 0 fully saturated rings. The third-order valence-electron chi connectivity index (χ3n) is 3.85. The van der Waals surface area contributed by atoms with Crippen LogP contribution in [0.4, 0.5) is 0 Å². The fourth-order valence-corrected chi connectivity index (χ4v) is 2.76. The highest BCUT2D eigenvalue weighted by Gasteiger charge is 2.17. The van der Waals surface area contributed by atoms with Crippen LogP contribution in [0, 0.1) is 6.92 Å². The molecule has 0 bridgehead atoms. The second-order valence-corrected chi connectivity index (χ2v) is 6.17. The number of hydrogen-bond donors (Lipinski definition) is 1. The molecule has 3 rings (SSSR count). The molecule has 1 atom stereocenters. The molecule has 0 aliphatic carbocycles. The molecule has 7 heteroatoms.